The normalized spacial score (nSPS) is 17.6. The summed E-state index contributed by atoms with van der Waals surface area (Å²) in [5, 5.41) is 0. The van der Waals surface area contributed by atoms with E-state index in [0.717, 1.165) is 20.2 Å². The second kappa shape index (κ2) is 8.45. The maximum atomic E-state index is 12.6. The molecule has 1 saturated heterocycles. The lowest BCUT2D eigenvalue weighted by atomic mass is 10.2. The molecule has 1 fully saturated rings. The van der Waals surface area contributed by atoms with Gasteiger partial charge in [0.25, 0.3) is 5.91 Å². The maximum Gasteiger partial charge on any atom is 0.264 e. The molecule has 26 heavy (non-hydrogen) atoms. The van der Waals surface area contributed by atoms with Crippen molar-refractivity contribution in [3.8, 4) is 5.88 Å². The lowest BCUT2D eigenvalue weighted by molar-refractivity contribution is -0.0406. The molecule has 3 rings (SSSR count). The smallest absolute Gasteiger partial charge is 0.264 e. The van der Waals surface area contributed by atoms with Gasteiger partial charge in [-0.15, -0.1) is 11.3 Å². The Morgan fingerprint density at radius 1 is 1.46 bits per heavy atom. The van der Waals surface area contributed by atoms with Gasteiger partial charge in [0.15, 0.2) is 0 Å². The minimum Gasteiger partial charge on any atom is -0.475 e. The van der Waals surface area contributed by atoms with E-state index >= 15 is 0 Å². The van der Waals surface area contributed by atoms with Crippen molar-refractivity contribution in [3.05, 3.63) is 38.4 Å². The minimum atomic E-state index is -0.172. The predicted octanol–water partition coefficient (Wildman–Crippen LogP) is 3.65. The van der Waals surface area contributed by atoms with Crippen LogP contribution in [0.15, 0.2) is 22.0 Å². The molecule has 1 amide bonds. The van der Waals surface area contributed by atoms with Gasteiger partial charge in [0.2, 0.25) is 5.88 Å². The van der Waals surface area contributed by atoms with Gasteiger partial charge in [-0.3, -0.25) is 4.79 Å². The van der Waals surface area contributed by atoms with Gasteiger partial charge in [0.1, 0.15) is 18.5 Å². The van der Waals surface area contributed by atoms with Crippen LogP contribution >= 0.6 is 27.3 Å². The second-order valence-electron chi connectivity index (χ2n) is 6.52. The zero-order valence-corrected chi connectivity index (χ0v) is 17.5. The van der Waals surface area contributed by atoms with E-state index < -0.39 is 0 Å². The molecule has 0 aromatic carbocycles. The number of morpholine rings is 1. The number of aryl methyl sites for hydroxylation is 1. The van der Waals surface area contributed by atoms with Crippen molar-refractivity contribution >= 4 is 33.2 Å². The second-order valence-corrected chi connectivity index (χ2v) is 8.98. The molecule has 8 heteroatoms. The summed E-state index contributed by atoms with van der Waals surface area (Å²) in [6.07, 6.45) is -0.172. The molecular weight excluding hydrogens is 418 g/mol. The van der Waals surface area contributed by atoms with Crippen LogP contribution in [-0.2, 0) is 4.74 Å². The SMILES string of the molecule is Cc1cc(OCC2CN(C(=O)c3ccc(Br)s3)CCO2)nc(C(C)C)n1. The highest BCUT2D eigenvalue weighted by molar-refractivity contribution is 9.11. The summed E-state index contributed by atoms with van der Waals surface area (Å²) >= 11 is 4.84. The minimum absolute atomic E-state index is 0.0361. The Morgan fingerprint density at radius 3 is 2.96 bits per heavy atom. The lowest BCUT2D eigenvalue weighted by Crippen LogP contribution is -2.47. The van der Waals surface area contributed by atoms with Crippen molar-refractivity contribution in [1.82, 2.24) is 14.9 Å². The monoisotopic (exact) mass is 439 g/mol. The summed E-state index contributed by atoms with van der Waals surface area (Å²) in [5.74, 6) is 1.59. The third kappa shape index (κ3) is 4.81. The fraction of sp³-hybridized carbons (Fsp3) is 0.500. The van der Waals surface area contributed by atoms with Gasteiger partial charge in [-0.05, 0) is 35.0 Å². The summed E-state index contributed by atoms with van der Waals surface area (Å²) in [6, 6.07) is 5.55. The molecule has 0 spiro atoms. The third-order valence-electron chi connectivity index (χ3n) is 3.99. The average Bonchev–Trinajstić information content (AvgIpc) is 3.05. The van der Waals surface area contributed by atoms with Crippen LogP contribution in [0.4, 0.5) is 0 Å². The van der Waals surface area contributed by atoms with E-state index in [1.54, 1.807) is 0 Å². The van der Waals surface area contributed by atoms with E-state index in [1.165, 1.54) is 11.3 Å². The summed E-state index contributed by atoms with van der Waals surface area (Å²) in [5.41, 5.74) is 0.878. The summed E-state index contributed by atoms with van der Waals surface area (Å²) in [6.45, 7) is 7.99. The van der Waals surface area contributed by atoms with Crippen molar-refractivity contribution in [2.75, 3.05) is 26.3 Å². The van der Waals surface area contributed by atoms with Crippen LogP contribution in [0, 0.1) is 6.92 Å². The highest BCUT2D eigenvalue weighted by Crippen LogP contribution is 2.24. The van der Waals surface area contributed by atoms with Crippen molar-refractivity contribution < 1.29 is 14.3 Å². The van der Waals surface area contributed by atoms with Crippen LogP contribution in [0.2, 0.25) is 0 Å². The van der Waals surface area contributed by atoms with Crippen molar-refractivity contribution in [1.29, 1.82) is 0 Å². The van der Waals surface area contributed by atoms with E-state index in [4.69, 9.17) is 9.47 Å². The number of nitrogens with zero attached hydrogens (tertiary/aromatic N) is 3. The predicted molar refractivity (Wildman–Crippen MR) is 104 cm³/mol. The van der Waals surface area contributed by atoms with E-state index in [9.17, 15) is 4.79 Å². The molecule has 0 radical (unpaired) electrons. The van der Waals surface area contributed by atoms with Gasteiger partial charge in [0.05, 0.1) is 21.8 Å². The number of rotatable bonds is 5. The zero-order valence-electron chi connectivity index (χ0n) is 15.1. The van der Waals surface area contributed by atoms with Gasteiger partial charge < -0.3 is 14.4 Å². The van der Waals surface area contributed by atoms with E-state index in [-0.39, 0.29) is 17.9 Å². The zero-order chi connectivity index (χ0) is 18.7. The molecule has 1 atom stereocenters. The number of thiophene rings is 1. The molecule has 140 valence electrons. The first-order valence-corrected chi connectivity index (χ1v) is 10.2. The van der Waals surface area contributed by atoms with Gasteiger partial charge in [0, 0.05) is 24.2 Å². The number of hydrogen-bond donors (Lipinski definition) is 0. The van der Waals surface area contributed by atoms with Crippen LogP contribution < -0.4 is 4.74 Å². The number of hydrogen-bond acceptors (Lipinski definition) is 6. The molecule has 6 nitrogen and oxygen atoms in total. The highest BCUT2D eigenvalue weighted by atomic mass is 79.9. The Balaban J connectivity index is 1.59. The summed E-state index contributed by atoms with van der Waals surface area (Å²) < 4.78 is 12.5. The fourth-order valence-corrected chi connectivity index (χ4v) is 4.02. The van der Waals surface area contributed by atoms with Gasteiger partial charge in [-0.2, -0.15) is 4.98 Å². The summed E-state index contributed by atoms with van der Waals surface area (Å²) in [4.78, 5) is 24.0. The van der Waals surface area contributed by atoms with Gasteiger partial charge >= 0.3 is 0 Å². The van der Waals surface area contributed by atoms with Gasteiger partial charge in [-0.25, -0.2) is 4.98 Å². The van der Waals surface area contributed by atoms with Crippen molar-refractivity contribution in [3.63, 3.8) is 0 Å². The number of carbonyl (C=O) groups is 1. The van der Waals surface area contributed by atoms with Crippen LogP contribution in [0.5, 0.6) is 5.88 Å². The highest BCUT2D eigenvalue weighted by Gasteiger charge is 2.26. The quantitative estimate of drug-likeness (QED) is 0.710. The Bertz CT molecular complexity index is 781. The van der Waals surface area contributed by atoms with Crippen LogP contribution in [0.1, 0.15) is 41.0 Å². The van der Waals surface area contributed by atoms with Crippen LogP contribution in [-0.4, -0.2) is 53.2 Å². The molecular formula is C18H22BrN3O3S. The van der Waals surface area contributed by atoms with Gasteiger partial charge in [-0.1, -0.05) is 13.8 Å². The molecule has 1 aliphatic heterocycles. The molecule has 1 unspecified atom stereocenters. The molecule has 0 N–H and O–H groups in total. The number of carbonyl (C=O) groups excluding carboxylic acids is 1. The molecule has 0 bridgehead atoms. The van der Waals surface area contributed by atoms with E-state index in [2.05, 4.69) is 39.7 Å². The molecule has 0 saturated carbocycles. The van der Waals surface area contributed by atoms with Crippen molar-refractivity contribution in [2.24, 2.45) is 0 Å². The van der Waals surface area contributed by atoms with Crippen molar-refractivity contribution in [2.45, 2.75) is 32.8 Å². The van der Waals surface area contributed by atoms with Crippen LogP contribution in [0.25, 0.3) is 0 Å². The van der Waals surface area contributed by atoms with Crippen LogP contribution in [0.3, 0.4) is 0 Å². The standard InChI is InChI=1S/C18H22BrN3O3S/c1-11(2)17-20-12(3)8-16(21-17)25-10-13-9-22(6-7-24-13)18(23)14-4-5-15(19)26-14/h4-5,8,11,13H,6-7,9-10H2,1-3H3. The van der Waals surface area contributed by atoms with E-state index in [1.807, 2.05) is 30.0 Å². The largest absolute Gasteiger partial charge is 0.475 e. The molecule has 1 aliphatic rings. The third-order valence-corrected chi connectivity index (χ3v) is 5.60. The Morgan fingerprint density at radius 2 is 2.27 bits per heavy atom. The average molecular weight is 440 g/mol. The Hall–Kier alpha value is -1.51. The number of amides is 1. The fourth-order valence-electron chi connectivity index (χ4n) is 2.66. The Labute approximate surface area is 165 Å². The maximum absolute atomic E-state index is 12.6. The number of halogens is 1. The molecule has 0 aliphatic carbocycles. The summed E-state index contributed by atoms with van der Waals surface area (Å²) in [7, 11) is 0. The number of ether oxygens (including phenoxy) is 2. The first kappa shape index (κ1) is 19.3. The lowest BCUT2D eigenvalue weighted by Gasteiger charge is -2.32. The Kier molecular flexibility index (Phi) is 6.26. The first-order chi connectivity index (χ1) is 12.4. The molecule has 2 aromatic heterocycles. The first-order valence-electron chi connectivity index (χ1n) is 8.57. The molecule has 2 aromatic rings. The topological polar surface area (TPSA) is 64.5 Å². The van der Waals surface area contributed by atoms with E-state index in [0.29, 0.717) is 32.2 Å². The number of aromatic nitrogens is 2. The molecule has 3 heterocycles.